The first-order chi connectivity index (χ1) is 17.1. The first kappa shape index (κ1) is 28.6. The first-order valence-corrected chi connectivity index (χ1v) is 13.4. The average molecular weight is 540 g/mol. The highest BCUT2D eigenvalue weighted by molar-refractivity contribution is 7.91. The number of alkyl halides is 4. The summed E-state index contributed by atoms with van der Waals surface area (Å²) >= 11 is 0. The fourth-order valence-corrected chi connectivity index (χ4v) is 4.78. The SMILES string of the molecule is CCS(=O)(=O)c1ccc(-c2ccc([C@H](N[C@@H](CC(C)(C)F)C(=O)NC3(C#N)CC3)C(F)(F)F)cc2)cc1. The minimum absolute atomic E-state index is 0.0526. The van der Waals surface area contributed by atoms with Gasteiger partial charge in [-0.15, -0.1) is 0 Å². The summed E-state index contributed by atoms with van der Waals surface area (Å²) in [6, 6.07) is 9.60. The number of carbonyl (C=O) groups excluding carboxylic acids is 1. The molecule has 0 unspecified atom stereocenters. The highest BCUT2D eigenvalue weighted by Crippen LogP contribution is 2.37. The molecule has 11 heteroatoms. The molecule has 2 aromatic carbocycles. The van der Waals surface area contributed by atoms with Gasteiger partial charge in [-0.3, -0.25) is 10.1 Å². The van der Waals surface area contributed by atoms with Crippen molar-refractivity contribution >= 4 is 15.7 Å². The van der Waals surface area contributed by atoms with Crippen molar-refractivity contribution in [1.82, 2.24) is 10.6 Å². The normalized spacial score (nSPS) is 16.9. The Morgan fingerprint density at radius 3 is 1.95 bits per heavy atom. The van der Waals surface area contributed by atoms with Crippen LogP contribution in [0, 0.1) is 11.3 Å². The Kier molecular flexibility index (Phi) is 8.05. The summed E-state index contributed by atoms with van der Waals surface area (Å²) in [6.07, 6.45) is -4.56. The second kappa shape index (κ2) is 10.4. The van der Waals surface area contributed by atoms with Crippen LogP contribution in [0.25, 0.3) is 11.1 Å². The molecule has 37 heavy (non-hydrogen) atoms. The Bertz CT molecular complexity index is 1260. The van der Waals surface area contributed by atoms with Crippen molar-refractivity contribution < 1.29 is 30.8 Å². The van der Waals surface area contributed by atoms with E-state index in [1.165, 1.54) is 57.2 Å². The molecule has 1 saturated carbocycles. The number of carbonyl (C=O) groups is 1. The Morgan fingerprint density at radius 1 is 1.03 bits per heavy atom. The van der Waals surface area contributed by atoms with Gasteiger partial charge in [0.15, 0.2) is 9.84 Å². The monoisotopic (exact) mass is 539 g/mol. The number of nitrogens with one attached hydrogen (secondary N) is 2. The number of hydrogen-bond donors (Lipinski definition) is 2. The number of halogens is 4. The highest BCUT2D eigenvalue weighted by atomic mass is 32.2. The smallest absolute Gasteiger partial charge is 0.336 e. The molecule has 0 bridgehead atoms. The number of amides is 1. The number of nitriles is 1. The zero-order valence-corrected chi connectivity index (χ0v) is 21.5. The molecular formula is C26H29F4N3O3S. The van der Waals surface area contributed by atoms with Gasteiger partial charge in [-0.2, -0.15) is 18.4 Å². The summed E-state index contributed by atoms with van der Waals surface area (Å²) in [5, 5.41) is 14.0. The summed E-state index contributed by atoms with van der Waals surface area (Å²) in [5.74, 6) is -0.916. The van der Waals surface area contributed by atoms with Crippen LogP contribution in [0.4, 0.5) is 17.6 Å². The van der Waals surface area contributed by atoms with Gasteiger partial charge in [0, 0.05) is 6.42 Å². The van der Waals surface area contributed by atoms with E-state index in [4.69, 9.17) is 0 Å². The van der Waals surface area contributed by atoms with Crippen LogP contribution in [0.1, 0.15) is 51.6 Å². The van der Waals surface area contributed by atoms with Crippen LogP contribution in [0.3, 0.4) is 0 Å². The Hall–Kier alpha value is -2.97. The molecule has 200 valence electrons. The molecule has 1 aliphatic rings. The molecule has 0 aliphatic heterocycles. The van der Waals surface area contributed by atoms with Crippen molar-refractivity contribution in [2.75, 3.05) is 5.75 Å². The number of nitrogens with zero attached hydrogens (tertiary/aromatic N) is 1. The summed E-state index contributed by atoms with van der Waals surface area (Å²) in [6.45, 7) is 3.87. The van der Waals surface area contributed by atoms with E-state index in [9.17, 15) is 36.0 Å². The zero-order chi connectivity index (χ0) is 27.6. The summed E-state index contributed by atoms with van der Waals surface area (Å²) in [4.78, 5) is 12.9. The minimum Gasteiger partial charge on any atom is -0.336 e. The van der Waals surface area contributed by atoms with E-state index < -0.39 is 51.6 Å². The van der Waals surface area contributed by atoms with Crippen LogP contribution in [0.5, 0.6) is 0 Å². The van der Waals surface area contributed by atoms with Gasteiger partial charge in [0.25, 0.3) is 0 Å². The van der Waals surface area contributed by atoms with Crippen LogP contribution < -0.4 is 10.6 Å². The summed E-state index contributed by atoms with van der Waals surface area (Å²) < 4.78 is 80.7. The van der Waals surface area contributed by atoms with Crippen LogP contribution in [-0.4, -0.2) is 43.5 Å². The van der Waals surface area contributed by atoms with Crippen LogP contribution >= 0.6 is 0 Å². The Balaban J connectivity index is 1.86. The van der Waals surface area contributed by atoms with Gasteiger partial charge in [0.1, 0.15) is 17.2 Å². The van der Waals surface area contributed by atoms with Gasteiger partial charge < -0.3 is 5.32 Å². The average Bonchev–Trinajstić information content (AvgIpc) is 3.60. The van der Waals surface area contributed by atoms with E-state index >= 15 is 0 Å². The third-order valence-corrected chi connectivity index (χ3v) is 7.95. The summed E-state index contributed by atoms with van der Waals surface area (Å²) in [5.41, 5.74) is -2.07. The first-order valence-electron chi connectivity index (χ1n) is 11.8. The molecule has 1 amide bonds. The lowest BCUT2D eigenvalue weighted by Gasteiger charge is -2.30. The standard InChI is InChI=1S/C26H29F4N3O3S/c1-4-37(35,36)20-11-9-18(10-12-20)17-5-7-19(8-6-17)22(26(28,29)30)32-21(15-24(2,3)27)23(34)33-25(16-31)13-14-25/h5-12,21-22,32H,4,13-15H2,1-3H3,(H,33,34)/t21-,22-/m0/s1. The molecule has 1 fully saturated rings. The van der Waals surface area contributed by atoms with Gasteiger partial charge >= 0.3 is 6.18 Å². The molecule has 0 heterocycles. The van der Waals surface area contributed by atoms with E-state index in [1.54, 1.807) is 12.1 Å². The van der Waals surface area contributed by atoms with Gasteiger partial charge in [-0.1, -0.05) is 43.3 Å². The third-order valence-electron chi connectivity index (χ3n) is 6.20. The number of hydrogen-bond acceptors (Lipinski definition) is 5. The van der Waals surface area contributed by atoms with Crippen LogP contribution in [0.2, 0.25) is 0 Å². The van der Waals surface area contributed by atoms with Crippen molar-refractivity contribution in [3.8, 4) is 17.2 Å². The van der Waals surface area contributed by atoms with E-state index in [1.807, 2.05) is 6.07 Å². The number of sulfone groups is 1. The van der Waals surface area contributed by atoms with Crippen molar-refractivity contribution in [1.29, 1.82) is 5.26 Å². The molecule has 2 N–H and O–H groups in total. The highest BCUT2D eigenvalue weighted by Gasteiger charge is 2.48. The largest absolute Gasteiger partial charge is 0.407 e. The zero-order valence-electron chi connectivity index (χ0n) is 20.7. The lowest BCUT2D eigenvalue weighted by Crippen LogP contribution is -2.53. The maximum atomic E-state index is 14.4. The molecule has 2 aromatic rings. The van der Waals surface area contributed by atoms with Crippen molar-refractivity contribution in [2.24, 2.45) is 0 Å². The number of rotatable bonds is 10. The lowest BCUT2D eigenvalue weighted by atomic mass is 9.96. The molecule has 2 atom stereocenters. The van der Waals surface area contributed by atoms with Crippen LogP contribution in [-0.2, 0) is 14.6 Å². The summed E-state index contributed by atoms with van der Waals surface area (Å²) in [7, 11) is -3.38. The van der Waals surface area contributed by atoms with Crippen molar-refractivity contribution in [2.45, 2.75) is 74.4 Å². The van der Waals surface area contributed by atoms with E-state index in [0.29, 0.717) is 24.0 Å². The van der Waals surface area contributed by atoms with Gasteiger partial charge in [0.2, 0.25) is 5.91 Å². The van der Waals surface area contributed by atoms with Crippen LogP contribution in [0.15, 0.2) is 53.4 Å². The molecule has 3 rings (SSSR count). The fourth-order valence-electron chi connectivity index (χ4n) is 3.90. The molecule has 0 radical (unpaired) electrons. The van der Waals surface area contributed by atoms with E-state index in [-0.39, 0.29) is 16.2 Å². The maximum Gasteiger partial charge on any atom is 0.407 e. The molecule has 0 aromatic heterocycles. The Labute approximate surface area is 214 Å². The topological polar surface area (TPSA) is 99.1 Å². The van der Waals surface area contributed by atoms with Gasteiger partial charge in [-0.25, -0.2) is 12.8 Å². The molecule has 0 saturated heterocycles. The lowest BCUT2D eigenvalue weighted by molar-refractivity contribution is -0.161. The molecule has 6 nitrogen and oxygen atoms in total. The van der Waals surface area contributed by atoms with Crippen molar-refractivity contribution in [3.63, 3.8) is 0 Å². The van der Waals surface area contributed by atoms with Gasteiger partial charge in [0.05, 0.1) is 22.8 Å². The third kappa shape index (κ3) is 7.29. The van der Waals surface area contributed by atoms with E-state index in [0.717, 1.165) is 0 Å². The fraction of sp³-hybridized carbons (Fsp3) is 0.462. The predicted molar refractivity (Wildman–Crippen MR) is 131 cm³/mol. The van der Waals surface area contributed by atoms with E-state index in [2.05, 4.69) is 10.6 Å². The van der Waals surface area contributed by atoms with Crippen molar-refractivity contribution in [3.05, 3.63) is 54.1 Å². The second-order valence-electron chi connectivity index (χ2n) is 9.85. The molecular weight excluding hydrogens is 510 g/mol. The minimum atomic E-state index is -4.80. The Morgan fingerprint density at radius 2 is 1.54 bits per heavy atom. The molecule has 1 aliphatic carbocycles. The predicted octanol–water partition coefficient (Wildman–Crippen LogP) is 5.02. The molecule has 0 spiro atoms. The maximum absolute atomic E-state index is 14.4. The quantitative estimate of drug-likeness (QED) is 0.413. The van der Waals surface area contributed by atoms with Gasteiger partial charge in [-0.05, 0) is 55.5 Å². The number of benzene rings is 2. The second-order valence-corrected chi connectivity index (χ2v) is 12.1.